The van der Waals surface area contributed by atoms with Crippen LogP contribution in [0.1, 0.15) is 45.7 Å². The standard InChI is InChI=1S/C30H35N5O4S2/c1-20(2)40-24-17-31-29(32-18-24)39-16-15-38-28-26(22-9-7-21(3)8-10-22)27(33-19-34-28)35-41(36,37)25-13-11-23(12-14-25)30(4,5)6/h7-14,17-20H,15-16H2,1-6H3,(H,33,34,35). The third-order valence-corrected chi connectivity index (χ3v) is 8.25. The average Bonchev–Trinajstić information content (AvgIpc) is 2.92. The molecule has 2 aromatic heterocycles. The number of nitrogens with zero attached hydrogens (tertiary/aromatic N) is 4. The second-order valence-electron chi connectivity index (χ2n) is 10.7. The molecule has 4 aromatic rings. The van der Waals surface area contributed by atoms with Gasteiger partial charge in [0.15, 0.2) is 5.82 Å². The van der Waals surface area contributed by atoms with Crippen LogP contribution in [0.4, 0.5) is 5.82 Å². The van der Waals surface area contributed by atoms with Crippen LogP contribution in [0.2, 0.25) is 0 Å². The van der Waals surface area contributed by atoms with Crippen LogP contribution in [0.5, 0.6) is 11.9 Å². The smallest absolute Gasteiger partial charge is 0.316 e. The molecule has 1 N–H and O–H groups in total. The Balaban J connectivity index is 1.54. The summed E-state index contributed by atoms with van der Waals surface area (Å²) in [4.78, 5) is 18.2. The quantitative estimate of drug-likeness (QED) is 0.158. The van der Waals surface area contributed by atoms with Crippen LogP contribution < -0.4 is 14.2 Å². The Labute approximate surface area is 246 Å². The average molecular weight is 594 g/mol. The lowest BCUT2D eigenvalue weighted by Gasteiger charge is -2.19. The van der Waals surface area contributed by atoms with Crippen LogP contribution >= 0.6 is 11.8 Å². The lowest BCUT2D eigenvalue weighted by Crippen LogP contribution is -2.17. The third kappa shape index (κ3) is 8.17. The van der Waals surface area contributed by atoms with Gasteiger partial charge in [-0.3, -0.25) is 4.72 Å². The van der Waals surface area contributed by atoms with E-state index in [1.165, 1.54) is 6.33 Å². The molecule has 11 heteroatoms. The number of benzene rings is 2. The molecular formula is C30H35N5O4S2. The molecule has 9 nitrogen and oxygen atoms in total. The van der Waals surface area contributed by atoms with Crippen molar-refractivity contribution >= 4 is 27.6 Å². The van der Waals surface area contributed by atoms with E-state index in [2.05, 4.69) is 59.3 Å². The molecule has 0 aliphatic heterocycles. The van der Waals surface area contributed by atoms with Crippen molar-refractivity contribution in [3.05, 3.63) is 78.4 Å². The summed E-state index contributed by atoms with van der Waals surface area (Å²) < 4.78 is 41.0. The molecule has 4 rings (SSSR count). The molecule has 0 unspecified atom stereocenters. The van der Waals surface area contributed by atoms with Gasteiger partial charge in [-0.15, -0.1) is 11.8 Å². The first-order valence-corrected chi connectivity index (χ1v) is 15.6. The number of ether oxygens (including phenoxy) is 2. The highest BCUT2D eigenvalue weighted by Crippen LogP contribution is 2.35. The van der Waals surface area contributed by atoms with E-state index in [4.69, 9.17) is 9.47 Å². The van der Waals surface area contributed by atoms with Gasteiger partial charge in [0.2, 0.25) is 5.88 Å². The molecule has 2 heterocycles. The molecule has 0 bridgehead atoms. The minimum atomic E-state index is -3.94. The number of hydrogen-bond donors (Lipinski definition) is 1. The second-order valence-corrected chi connectivity index (χ2v) is 14.0. The van der Waals surface area contributed by atoms with Gasteiger partial charge in [0.1, 0.15) is 19.5 Å². The van der Waals surface area contributed by atoms with Gasteiger partial charge in [-0.25, -0.2) is 28.4 Å². The van der Waals surface area contributed by atoms with Gasteiger partial charge in [0.05, 0.1) is 10.5 Å². The third-order valence-electron chi connectivity index (χ3n) is 5.94. The summed E-state index contributed by atoms with van der Waals surface area (Å²) in [6.07, 6.45) is 4.72. The molecule has 0 spiro atoms. The van der Waals surface area contributed by atoms with Crippen molar-refractivity contribution in [1.82, 2.24) is 19.9 Å². The monoisotopic (exact) mass is 593 g/mol. The van der Waals surface area contributed by atoms with Crippen LogP contribution in [-0.4, -0.2) is 46.8 Å². The zero-order valence-electron chi connectivity index (χ0n) is 24.1. The number of aromatic nitrogens is 4. The van der Waals surface area contributed by atoms with Crippen molar-refractivity contribution in [2.75, 3.05) is 17.9 Å². The summed E-state index contributed by atoms with van der Waals surface area (Å²) in [5.74, 6) is 0.332. The molecule has 0 radical (unpaired) electrons. The van der Waals surface area contributed by atoms with Crippen molar-refractivity contribution in [2.45, 2.75) is 62.0 Å². The summed E-state index contributed by atoms with van der Waals surface area (Å²) in [6.45, 7) is 12.7. The summed E-state index contributed by atoms with van der Waals surface area (Å²) in [6, 6.07) is 14.7. The highest BCUT2D eigenvalue weighted by molar-refractivity contribution is 7.99. The lowest BCUT2D eigenvalue weighted by atomic mass is 9.87. The Morgan fingerprint density at radius 3 is 2.12 bits per heavy atom. The van der Waals surface area contributed by atoms with Gasteiger partial charge in [-0.05, 0) is 35.6 Å². The fourth-order valence-corrected chi connectivity index (χ4v) is 5.63. The van der Waals surface area contributed by atoms with E-state index in [1.54, 1.807) is 36.3 Å². The first-order chi connectivity index (χ1) is 19.4. The van der Waals surface area contributed by atoms with Gasteiger partial charge in [-0.2, -0.15) is 0 Å². The largest absolute Gasteiger partial charge is 0.473 e. The molecule has 0 fully saturated rings. The van der Waals surface area contributed by atoms with E-state index in [0.29, 0.717) is 16.4 Å². The number of thioether (sulfide) groups is 1. The Kier molecular flexibility index (Phi) is 9.49. The van der Waals surface area contributed by atoms with E-state index < -0.39 is 10.0 Å². The molecule has 0 amide bonds. The van der Waals surface area contributed by atoms with Crippen LogP contribution in [0, 0.1) is 6.92 Å². The Morgan fingerprint density at radius 2 is 1.51 bits per heavy atom. The summed E-state index contributed by atoms with van der Waals surface area (Å²) in [7, 11) is -3.94. The zero-order chi connectivity index (χ0) is 29.6. The van der Waals surface area contributed by atoms with E-state index in [9.17, 15) is 8.42 Å². The first-order valence-electron chi connectivity index (χ1n) is 13.2. The SMILES string of the molecule is Cc1ccc(-c2c(NS(=O)(=O)c3ccc(C(C)(C)C)cc3)ncnc2OCCOc2ncc(SC(C)C)cn2)cc1. The zero-order valence-corrected chi connectivity index (χ0v) is 25.7. The highest BCUT2D eigenvalue weighted by atomic mass is 32.2. The van der Waals surface area contributed by atoms with Gasteiger partial charge in [-0.1, -0.05) is 76.6 Å². The predicted octanol–water partition coefficient (Wildman–Crippen LogP) is 6.30. The van der Waals surface area contributed by atoms with Crippen LogP contribution in [0.15, 0.2) is 77.0 Å². The minimum absolute atomic E-state index is 0.0979. The van der Waals surface area contributed by atoms with Gasteiger partial charge in [0.25, 0.3) is 10.0 Å². The number of rotatable bonds is 11. The van der Waals surface area contributed by atoms with Crippen molar-refractivity contribution in [2.24, 2.45) is 0 Å². The maximum Gasteiger partial charge on any atom is 0.316 e. The van der Waals surface area contributed by atoms with E-state index in [1.807, 2.05) is 43.3 Å². The molecule has 0 atom stereocenters. The normalized spacial score (nSPS) is 11.9. The Hall–Kier alpha value is -3.70. The molecule has 41 heavy (non-hydrogen) atoms. The molecular weight excluding hydrogens is 558 g/mol. The van der Waals surface area contributed by atoms with Crippen LogP contribution in [-0.2, 0) is 15.4 Å². The molecule has 0 aliphatic carbocycles. The van der Waals surface area contributed by atoms with Crippen molar-refractivity contribution in [3.63, 3.8) is 0 Å². The Bertz CT molecular complexity index is 1550. The van der Waals surface area contributed by atoms with Crippen LogP contribution in [0.25, 0.3) is 11.1 Å². The second kappa shape index (κ2) is 12.9. The predicted molar refractivity (Wildman–Crippen MR) is 162 cm³/mol. The molecule has 216 valence electrons. The number of anilines is 1. The van der Waals surface area contributed by atoms with E-state index in [-0.39, 0.29) is 41.2 Å². The summed E-state index contributed by atoms with van der Waals surface area (Å²) in [5.41, 5.74) is 3.12. The van der Waals surface area contributed by atoms with Crippen molar-refractivity contribution in [1.29, 1.82) is 0 Å². The van der Waals surface area contributed by atoms with Crippen molar-refractivity contribution in [3.8, 4) is 23.0 Å². The lowest BCUT2D eigenvalue weighted by molar-refractivity contribution is 0.201. The number of hydrogen-bond acceptors (Lipinski definition) is 9. The Morgan fingerprint density at radius 1 is 0.878 bits per heavy atom. The highest BCUT2D eigenvalue weighted by Gasteiger charge is 2.22. The van der Waals surface area contributed by atoms with Gasteiger partial charge in [0, 0.05) is 22.5 Å². The maximum atomic E-state index is 13.4. The topological polar surface area (TPSA) is 116 Å². The molecule has 2 aromatic carbocycles. The molecule has 0 saturated carbocycles. The fourth-order valence-electron chi connectivity index (χ4n) is 3.84. The van der Waals surface area contributed by atoms with Gasteiger partial charge >= 0.3 is 6.01 Å². The fraction of sp³-hybridized carbons (Fsp3) is 0.333. The number of sulfonamides is 1. The summed E-state index contributed by atoms with van der Waals surface area (Å²) in [5, 5.41) is 0.428. The number of nitrogens with one attached hydrogen (secondary N) is 1. The summed E-state index contributed by atoms with van der Waals surface area (Å²) >= 11 is 1.67. The van der Waals surface area contributed by atoms with Crippen LogP contribution in [0.3, 0.4) is 0 Å². The van der Waals surface area contributed by atoms with Gasteiger partial charge < -0.3 is 9.47 Å². The maximum absolute atomic E-state index is 13.4. The minimum Gasteiger partial charge on any atom is -0.473 e. The first kappa shape index (κ1) is 30.3. The van der Waals surface area contributed by atoms with E-state index >= 15 is 0 Å². The molecule has 0 saturated heterocycles. The molecule has 0 aliphatic rings. The number of aryl methyl sites for hydroxylation is 1. The van der Waals surface area contributed by atoms with E-state index in [0.717, 1.165) is 16.0 Å². The van der Waals surface area contributed by atoms with Crippen molar-refractivity contribution < 1.29 is 17.9 Å².